The fourth-order valence-electron chi connectivity index (χ4n) is 2.29. The molecule has 8 heteroatoms. The monoisotopic (exact) mass is 420 g/mol. The highest BCUT2D eigenvalue weighted by molar-refractivity contribution is 9.10. The Bertz CT molecular complexity index is 771. The highest BCUT2D eigenvalue weighted by Crippen LogP contribution is 2.20. The Morgan fingerprint density at radius 1 is 1.31 bits per heavy atom. The van der Waals surface area contributed by atoms with Crippen molar-refractivity contribution in [1.82, 2.24) is 20.4 Å². The fraction of sp³-hybridized carbons (Fsp3) is 0.389. The number of anilines is 1. The van der Waals surface area contributed by atoms with Crippen molar-refractivity contribution in [2.24, 2.45) is 12.0 Å². The first-order chi connectivity index (χ1) is 12.5. The highest BCUT2D eigenvalue weighted by atomic mass is 79.9. The summed E-state index contributed by atoms with van der Waals surface area (Å²) in [5, 5.41) is 13.4. The van der Waals surface area contributed by atoms with Gasteiger partial charge in [-0.2, -0.15) is 5.10 Å². The van der Waals surface area contributed by atoms with Crippen molar-refractivity contribution in [1.29, 1.82) is 0 Å². The summed E-state index contributed by atoms with van der Waals surface area (Å²) in [5.41, 5.74) is 2.87. The number of nitrogens with zero attached hydrogens (tertiary/aromatic N) is 3. The van der Waals surface area contributed by atoms with E-state index in [1.165, 1.54) is 0 Å². The molecule has 0 aliphatic heterocycles. The minimum atomic E-state index is -0.0406. The molecular weight excluding hydrogens is 396 g/mol. The van der Waals surface area contributed by atoms with E-state index in [9.17, 15) is 4.79 Å². The molecule has 0 unspecified atom stereocenters. The molecule has 0 bridgehead atoms. The van der Waals surface area contributed by atoms with E-state index in [1.54, 1.807) is 10.9 Å². The van der Waals surface area contributed by atoms with Crippen molar-refractivity contribution >= 4 is 33.5 Å². The minimum Gasteiger partial charge on any atom is -0.357 e. The van der Waals surface area contributed by atoms with E-state index in [0.717, 1.165) is 28.0 Å². The van der Waals surface area contributed by atoms with E-state index in [4.69, 9.17) is 0 Å². The molecule has 2 aromatic rings. The number of aromatic nitrogens is 2. The van der Waals surface area contributed by atoms with E-state index >= 15 is 0 Å². The van der Waals surface area contributed by atoms with Crippen LogP contribution in [0, 0.1) is 6.92 Å². The molecule has 1 amide bonds. The van der Waals surface area contributed by atoms with Crippen LogP contribution < -0.4 is 16.0 Å². The maximum Gasteiger partial charge on any atom is 0.226 e. The van der Waals surface area contributed by atoms with Gasteiger partial charge in [-0.05, 0) is 37.6 Å². The van der Waals surface area contributed by atoms with Gasteiger partial charge in [-0.3, -0.25) is 9.48 Å². The Morgan fingerprint density at radius 3 is 2.81 bits per heavy atom. The molecule has 0 saturated carbocycles. The quantitative estimate of drug-likeness (QED) is 0.474. The number of aliphatic imine (C=N–C) groups is 1. The van der Waals surface area contributed by atoms with Crippen LogP contribution in [-0.2, 0) is 18.4 Å². The number of carbonyl (C=O) groups is 1. The molecule has 1 aromatic carbocycles. The normalized spacial score (nSPS) is 11.3. The van der Waals surface area contributed by atoms with Crippen LogP contribution in [-0.4, -0.2) is 34.7 Å². The number of hydrogen-bond acceptors (Lipinski definition) is 3. The van der Waals surface area contributed by atoms with E-state index in [1.807, 2.05) is 45.2 Å². The van der Waals surface area contributed by atoms with Crippen LogP contribution in [0.15, 0.2) is 39.9 Å². The summed E-state index contributed by atoms with van der Waals surface area (Å²) in [5.74, 6) is 0.640. The molecule has 0 saturated heterocycles. The number of halogens is 1. The first-order valence-corrected chi connectivity index (χ1v) is 9.34. The average molecular weight is 421 g/mol. The predicted molar refractivity (Wildman–Crippen MR) is 108 cm³/mol. The van der Waals surface area contributed by atoms with Crippen LogP contribution in [0.2, 0.25) is 0 Å². The number of aryl methyl sites for hydroxylation is 2. The molecule has 2 rings (SSSR count). The van der Waals surface area contributed by atoms with E-state index in [-0.39, 0.29) is 5.91 Å². The van der Waals surface area contributed by atoms with Gasteiger partial charge in [-0.25, -0.2) is 4.99 Å². The summed E-state index contributed by atoms with van der Waals surface area (Å²) in [4.78, 5) is 16.7. The Labute approximate surface area is 162 Å². The van der Waals surface area contributed by atoms with Gasteiger partial charge in [0.1, 0.15) is 0 Å². The maximum absolute atomic E-state index is 12.2. The van der Waals surface area contributed by atoms with Crippen molar-refractivity contribution in [2.75, 3.05) is 18.4 Å². The van der Waals surface area contributed by atoms with Crippen LogP contribution in [0.4, 0.5) is 5.69 Å². The molecule has 0 radical (unpaired) electrons. The third-order valence-electron chi connectivity index (χ3n) is 3.78. The molecule has 0 aliphatic rings. The third-order valence-corrected chi connectivity index (χ3v) is 4.28. The van der Waals surface area contributed by atoms with Crippen LogP contribution in [0.5, 0.6) is 0 Å². The lowest BCUT2D eigenvalue weighted by Gasteiger charge is -2.12. The van der Waals surface area contributed by atoms with Gasteiger partial charge in [0.2, 0.25) is 5.91 Å². The number of nitrogens with one attached hydrogen (secondary N) is 3. The molecule has 26 heavy (non-hydrogen) atoms. The second-order valence-electron chi connectivity index (χ2n) is 5.83. The Hall–Kier alpha value is -2.35. The van der Waals surface area contributed by atoms with Crippen molar-refractivity contribution in [3.8, 4) is 0 Å². The summed E-state index contributed by atoms with van der Waals surface area (Å²) < 4.78 is 2.73. The molecule has 0 aliphatic carbocycles. The lowest BCUT2D eigenvalue weighted by Crippen LogP contribution is -2.38. The van der Waals surface area contributed by atoms with Gasteiger partial charge in [-0.15, -0.1) is 0 Å². The Balaban J connectivity index is 1.84. The molecule has 1 aromatic heterocycles. The summed E-state index contributed by atoms with van der Waals surface area (Å²) in [6, 6.07) is 7.75. The lowest BCUT2D eigenvalue weighted by atomic mass is 10.2. The van der Waals surface area contributed by atoms with Crippen LogP contribution in [0.25, 0.3) is 0 Å². The summed E-state index contributed by atoms with van der Waals surface area (Å²) in [7, 11) is 1.89. The van der Waals surface area contributed by atoms with E-state index in [0.29, 0.717) is 25.5 Å². The van der Waals surface area contributed by atoms with Gasteiger partial charge < -0.3 is 16.0 Å². The zero-order valence-corrected chi connectivity index (χ0v) is 16.9. The van der Waals surface area contributed by atoms with Gasteiger partial charge in [0.05, 0.1) is 12.2 Å². The Morgan fingerprint density at radius 2 is 2.12 bits per heavy atom. The first-order valence-electron chi connectivity index (χ1n) is 8.54. The molecule has 7 nitrogen and oxygen atoms in total. The lowest BCUT2D eigenvalue weighted by molar-refractivity contribution is -0.116. The number of hydrogen-bond donors (Lipinski definition) is 3. The molecular formula is C18H25BrN6O. The van der Waals surface area contributed by atoms with Crippen LogP contribution in [0.3, 0.4) is 0 Å². The predicted octanol–water partition coefficient (Wildman–Crippen LogP) is 2.57. The molecule has 3 N–H and O–H groups in total. The minimum absolute atomic E-state index is 0.0406. The SMILES string of the molecule is CCNC(=NCc1ccnn1C)NCCC(=O)Nc1cc(Br)ccc1C. The van der Waals surface area contributed by atoms with Gasteiger partial charge in [0.25, 0.3) is 0 Å². The number of carbonyl (C=O) groups excluding carboxylic acids is 1. The maximum atomic E-state index is 12.2. The average Bonchev–Trinajstić information content (AvgIpc) is 3.01. The molecule has 1 heterocycles. The van der Waals surface area contributed by atoms with Crippen molar-refractivity contribution in [3.63, 3.8) is 0 Å². The second-order valence-corrected chi connectivity index (χ2v) is 6.74. The van der Waals surface area contributed by atoms with Crippen LogP contribution in [0.1, 0.15) is 24.6 Å². The summed E-state index contributed by atoms with van der Waals surface area (Å²) >= 11 is 3.42. The smallest absolute Gasteiger partial charge is 0.226 e. The largest absolute Gasteiger partial charge is 0.357 e. The second kappa shape index (κ2) is 9.96. The zero-order valence-electron chi connectivity index (χ0n) is 15.3. The van der Waals surface area contributed by atoms with Crippen molar-refractivity contribution in [3.05, 3.63) is 46.2 Å². The van der Waals surface area contributed by atoms with Crippen molar-refractivity contribution in [2.45, 2.75) is 26.8 Å². The summed E-state index contributed by atoms with van der Waals surface area (Å²) in [6.07, 6.45) is 2.10. The number of amides is 1. The van der Waals surface area contributed by atoms with Gasteiger partial charge in [-0.1, -0.05) is 22.0 Å². The summed E-state index contributed by atoms with van der Waals surface area (Å²) in [6.45, 7) is 5.74. The highest BCUT2D eigenvalue weighted by Gasteiger charge is 2.06. The third kappa shape index (κ3) is 6.18. The van der Waals surface area contributed by atoms with Gasteiger partial charge in [0, 0.05) is 42.9 Å². The van der Waals surface area contributed by atoms with E-state index < -0.39 is 0 Å². The molecule has 140 valence electrons. The topological polar surface area (TPSA) is 83.3 Å². The van der Waals surface area contributed by atoms with Gasteiger partial charge in [0.15, 0.2) is 5.96 Å². The fourth-order valence-corrected chi connectivity index (χ4v) is 2.66. The first kappa shape index (κ1) is 20.0. The molecule has 0 fully saturated rings. The van der Waals surface area contributed by atoms with Crippen LogP contribution >= 0.6 is 15.9 Å². The zero-order chi connectivity index (χ0) is 18.9. The van der Waals surface area contributed by atoms with Gasteiger partial charge >= 0.3 is 0 Å². The van der Waals surface area contributed by atoms with Crippen molar-refractivity contribution < 1.29 is 4.79 Å². The van der Waals surface area contributed by atoms with E-state index in [2.05, 4.69) is 42.0 Å². The molecule has 0 spiro atoms. The number of rotatable bonds is 7. The molecule has 0 atom stereocenters. The number of guanidine groups is 1. The number of benzene rings is 1. The standard InChI is InChI=1S/C18H25BrN6O/c1-4-20-18(22-12-15-7-10-23-25(15)3)21-9-8-17(26)24-16-11-14(19)6-5-13(16)2/h5-7,10-11H,4,8-9,12H2,1-3H3,(H,24,26)(H2,20,21,22). The Kier molecular flexibility index (Phi) is 7.65.